The Morgan fingerprint density at radius 2 is 2.00 bits per heavy atom. The second kappa shape index (κ2) is 6.09. The number of hydrogen-bond donors (Lipinski definition) is 4. The molecule has 0 bridgehead atoms. The molecule has 0 unspecified atom stereocenters. The number of primary amides is 1. The zero-order valence-corrected chi connectivity index (χ0v) is 11.6. The molecule has 0 saturated heterocycles. The molecule has 0 aromatic carbocycles. The summed E-state index contributed by atoms with van der Waals surface area (Å²) in [7, 11) is 0. The van der Waals surface area contributed by atoms with Crippen molar-refractivity contribution in [3.05, 3.63) is 17.8 Å². The van der Waals surface area contributed by atoms with Crippen LogP contribution in [0.3, 0.4) is 0 Å². The van der Waals surface area contributed by atoms with Gasteiger partial charge in [0.1, 0.15) is 5.82 Å². The van der Waals surface area contributed by atoms with Crippen molar-refractivity contribution in [2.45, 2.75) is 44.1 Å². The van der Waals surface area contributed by atoms with Gasteiger partial charge in [-0.2, -0.15) is 0 Å². The monoisotopic (exact) mass is 278 g/mol. The quantitative estimate of drug-likeness (QED) is 0.619. The first-order valence-corrected chi connectivity index (χ1v) is 7.02. The minimum Gasteiger partial charge on any atom is -0.397 e. The van der Waals surface area contributed by atoms with E-state index in [0.29, 0.717) is 18.1 Å². The number of anilines is 2. The molecule has 0 aliphatic heterocycles. The van der Waals surface area contributed by atoms with Crippen molar-refractivity contribution in [2.24, 2.45) is 5.73 Å². The van der Waals surface area contributed by atoms with E-state index in [0.717, 1.165) is 38.5 Å². The highest BCUT2D eigenvalue weighted by molar-refractivity contribution is 5.98. The standard InChI is InChI=1S/C14H22N4O2/c15-10-7-11(12(16)19)13(17-8-10)18-9-14(20)5-3-1-2-4-6-14/h7-8,20H,1-6,9,15H2,(H2,16,19)(H,17,18). The van der Waals surface area contributed by atoms with Gasteiger partial charge >= 0.3 is 0 Å². The molecular formula is C14H22N4O2. The van der Waals surface area contributed by atoms with E-state index in [1.54, 1.807) is 0 Å². The van der Waals surface area contributed by atoms with E-state index in [1.165, 1.54) is 12.3 Å². The highest BCUT2D eigenvalue weighted by Gasteiger charge is 2.28. The van der Waals surface area contributed by atoms with E-state index >= 15 is 0 Å². The summed E-state index contributed by atoms with van der Waals surface area (Å²) in [6.07, 6.45) is 7.36. The third-order valence-corrected chi connectivity index (χ3v) is 3.79. The summed E-state index contributed by atoms with van der Waals surface area (Å²) >= 11 is 0. The van der Waals surface area contributed by atoms with Crippen LogP contribution in [0, 0.1) is 0 Å². The Kier molecular flexibility index (Phi) is 4.44. The van der Waals surface area contributed by atoms with Crippen LogP contribution in [0.15, 0.2) is 12.3 Å². The average Bonchev–Trinajstić information content (AvgIpc) is 2.62. The molecule has 20 heavy (non-hydrogen) atoms. The number of nitrogens with zero attached hydrogens (tertiary/aromatic N) is 1. The number of carbonyl (C=O) groups is 1. The molecule has 110 valence electrons. The Morgan fingerprint density at radius 3 is 2.60 bits per heavy atom. The van der Waals surface area contributed by atoms with Crippen molar-refractivity contribution in [2.75, 3.05) is 17.6 Å². The van der Waals surface area contributed by atoms with Gasteiger partial charge in [0.15, 0.2) is 0 Å². The van der Waals surface area contributed by atoms with Crippen molar-refractivity contribution >= 4 is 17.4 Å². The molecule has 1 heterocycles. The van der Waals surface area contributed by atoms with Crippen LogP contribution in [0.2, 0.25) is 0 Å². The lowest BCUT2D eigenvalue weighted by Gasteiger charge is -2.27. The number of carbonyl (C=O) groups excluding carboxylic acids is 1. The van der Waals surface area contributed by atoms with Crippen LogP contribution in [0.5, 0.6) is 0 Å². The van der Waals surface area contributed by atoms with Crippen LogP contribution in [-0.2, 0) is 0 Å². The molecular weight excluding hydrogens is 256 g/mol. The third kappa shape index (κ3) is 3.60. The number of nitrogen functional groups attached to an aromatic ring is 1. The van der Waals surface area contributed by atoms with Gasteiger partial charge in [0.25, 0.3) is 5.91 Å². The first kappa shape index (κ1) is 14.6. The lowest BCUT2D eigenvalue weighted by atomic mass is 9.94. The Hall–Kier alpha value is -1.82. The summed E-state index contributed by atoms with van der Waals surface area (Å²) in [5, 5.41) is 13.6. The fourth-order valence-corrected chi connectivity index (χ4v) is 2.62. The zero-order chi connectivity index (χ0) is 14.6. The highest BCUT2D eigenvalue weighted by Crippen LogP contribution is 2.27. The van der Waals surface area contributed by atoms with Gasteiger partial charge in [-0.25, -0.2) is 4.98 Å². The van der Waals surface area contributed by atoms with Crippen molar-refractivity contribution in [3.63, 3.8) is 0 Å². The summed E-state index contributed by atoms with van der Waals surface area (Å²) in [4.78, 5) is 15.5. The summed E-state index contributed by atoms with van der Waals surface area (Å²) in [6.45, 7) is 0.365. The molecule has 6 heteroatoms. The summed E-state index contributed by atoms with van der Waals surface area (Å²) < 4.78 is 0. The highest BCUT2D eigenvalue weighted by atomic mass is 16.3. The van der Waals surface area contributed by atoms with E-state index in [2.05, 4.69) is 10.3 Å². The van der Waals surface area contributed by atoms with Gasteiger partial charge < -0.3 is 21.9 Å². The van der Waals surface area contributed by atoms with Crippen LogP contribution in [0.4, 0.5) is 11.5 Å². The minimum absolute atomic E-state index is 0.252. The molecule has 0 spiro atoms. The number of nitrogens with two attached hydrogens (primary N) is 2. The number of rotatable bonds is 4. The van der Waals surface area contributed by atoms with Crippen molar-refractivity contribution < 1.29 is 9.90 Å². The van der Waals surface area contributed by atoms with E-state index < -0.39 is 11.5 Å². The van der Waals surface area contributed by atoms with E-state index in [-0.39, 0.29) is 5.56 Å². The molecule has 6 nitrogen and oxygen atoms in total. The first-order chi connectivity index (χ1) is 9.50. The zero-order valence-electron chi connectivity index (χ0n) is 11.6. The molecule has 6 N–H and O–H groups in total. The van der Waals surface area contributed by atoms with Crippen LogP contribution in [0.25, 0.3) is 0 Å². The Bertz CT molecular complexity index is 482. The number of aromatic nitrogens is 1. The van der Waals surface area contributed by atoms with Crippen LogP contribution >= 0.6 is 0 Å². The van der Waals surface area contributed by atoms with Gasteiger partial charge in [-0.15, -0.1) is 0 Å². The fraction of sp³-hybridized carbons (Fsp3) is 0.571. The Balaban J connectivity index is 2.08. The number of amides is 1. The predicted octanol–water partition coefficient (Wildman–Crippen LogP) is 1.26. The van der Waals surface area contributed by atoms with Gasteiger partial charge in [0, 0.05) is 6.54 Å². The molecule has 1 aromatic heterocycles. The lowest BCUT2D eigenvalue weighted by Crippen LogP contribution is -2.37. The topological polar surface area (TPSA) is 114 Å². The molecule has 0 radical (unpaired) electrons. The molecule has 0 atom stereocenters. The summed E-state index contributed by atoms with van der Waals surface area (Å²) in [5.41, 5.74) is 10.8. The fourth-order valence-electron chi connectivity index (χ4n) is 2.62. The maximum Gasteiger partial charge on any atom is 0.252 e. The van der Waals surface area contributed by atoms with Crippen LogP contribution in [-0.4, -0.2) is 28.1 Å². The number of nitrogens with one attached hydrogen (secondary N) is 1. The molecule has 2 rings (SSSR count). The molecule has 1 amide bonds. The van der Waals surface area contributed by atoms with Crippen LogP contribution in [0.1, 0.15) is 48.9 Å². The molecule has 1 aromatic rings. The smallest absolute Gasteiger partial charge is 0.252 e. The lowest BCUT2D eigenvalue weighted by molar-refractivity contribution is 0.0380. The predicted molar refractivity (Wildman–Crippen MR) is 78.3 cm³/mol. The Labute approximate surface area is 118 Å². The van der Waals surface area contributed by atoms with Crippen molar-refractivity contribution in [1.82, 2.24) is 4.98 Å². The van der Waals surface area contributed by atoms with Gasteiger partial charge in [0.05, 0.1) is 23.0 Å². The van der Waals surface area contributed by atoms with Gasteiger partial charge in [-0.3, -0.25) is 4.79 Å². The maximum atomic E-state index is 11.4. The summed E-state index contributed by atoms with van der Waals surface area (Å²) in [6, 6.07) is 1.49. The summed E-state index contributed by atoms with van der Waals surface area (Å²) in [5.74, 6) is -0.204. The van der Waals surface area contributed by atoms with Gasteiger partial charge in [-0.1, -0.05) is 25.7 Å². The number of hydrogen-bond acceptors (Lipinski definition) is 5. The second-order valence-corrected chi connectivity index (χ2v) is 5.52. The van der Waals surface area contributed by atoms with Crippen molar-refractivity contribution in [3.8, 4) is 0 Å². The molecule has 1 aliphatic carbocycles. The molecule has 1 fully saturated rings. The van der Waals surface area contributed by atoms with E-state index in [4.69, 9.17) is 11.5 Å². The van der Waals surface area contributed by atoms with Gasteiger partial charge in [-0.05, 0) is 18.9 Å². The van der Waals surface area contributed by atoms with E-state index in [1.807, 2.05) is 0 Å². The second-order valence-electron chi connectivity index (χ2n) is 5.52. The first-order valence-electron chi connectivity index (χ1n) is 7.02. The largest absolute Gasteiger partial charge is 0.397 e. The minimum atomic E-state index is -0.742. The molecule has 1 aliphatic rings. The maximum absolute atomic E-state index is 11.4. The number of aliphatic hydroxyl groups is 1. The third-order valence-electron chi connectivity index (χ3n) is 3.79. The number of pyridine rings is 1. The van der Waals surface area contributed by atoms with Crippen molar-refractivity contribution in [1.29, 1.82) is 0 Å². The SMILES string of the molecule is NC(=O)c1cc(N)cnc1NCC1(O)CCCCCC1. The van der Waals surface area contributed by atoms with Crippen LogP contribution < -0.4 is 16.8 Å². The van der Waals surface area contributed by atoms with Gasteiger partial charge in [0.2, 0.25) is 0 Å². The van der Waals surface area contributed by atoms with E-state index in [9.17, 15) is 9.90 Å². The molecule has 1 saturated carbocycles. The Morgan fingerprint density at radius 1 is 1.35 bits per heavy atom. The average molecular weight is 278 g/mol. The normalized spacial score (nSPS) is 18.2.